The first-order valence-electron chi connectivity index (χ1n) is 9.61. The molecule has 156 valence electrons. The number of nitrogens with one attached hydrogen (secondary N) is 2. The number of ketones is 1. The van der Waals surface area contributed by atoms with Crippen LogP contribution in [-0.2, 0) is 4.79 Å². The number of carbonyl (C=O) groups is 3. The van der Waals surface area contributed by atoms with Crippen LogP contribution in [0.15, 0.2) is 84.6 Å². The van der Waals surface area contributed by atoms with Gasteiger partial charge in [0, 0.05) is 11.3 Å². The number of rotatable bonds is 7. The van der Waals surface area contributed by atoms with Crippen LogP contribution in [0, 0.1) is 0 Å². The maximum Gasteiger partial charge on any atom is 0.272 e. The van der Waals surface area contributed by atoms with Gasteiger partial charge in [0.1, 0.15) is 11.4 Å². The highest BCUT2D eigenvalue weighted by atomic mass is 16.5. The molecule has 0 bridgehead atoms. The van der Waals surface area contributed by atoms with Crippen molar-refractivity contribution in [2.75, 3.05) is 12.4 Å². The van der Waals surface area contributed by atoms with Gasteiger partial charge in [0.15, 0.2) is 5.78 Å². The van der Waals surface area contributed by atoms with E-state index in [9.17, 15) is 14.4 Å². The molecule has 0 fully saturated rings. The van der Waals surface area contributed by atoms with E-state index in [-0.39, 0.29) is 11.5 Å². The second-order valence-electron chi connectivity index (χ2n) is 6.71. The minimum absolute atomic E-state index is 0.0633. The lowest BCUT2D eigenvalue weighted by Crippen LogP contribution is -2.31. The van der Waals surface area contributed by atoms with Gasteiger partial charge in [0.2, 0.25) is 0 Å². The van der Waals surface area contributed by atoms with E-state index in [1.807, 2.05) is 30.3 Å². The Kier molecular flexibility index (Phi) is 6.96. The van der Waals surface area contributed by atoms with Crippen molar-refractivity contribution in [1.29, 1.82) is 0 Å². The predicted molar refractivity (Wildman–Crippen MR) is 120 cm³/mol. The standard InChI is InChI=1S/C25H22N2O4/c1-17(28)19-12-14-20(15-13-19)26-25(30)22(16-18-8-4-3-5-9-18)27-24(29)21-10-6-7-11-23(21)31-2/h3-16H,1-2H3,(H,26,30)(H,27,29). The maximum absolute atomic E-state index is 13.0. The Morgan fingerprint density at radius 2 is 1.48 bits per heavy atom. The minimum Gasteiger partial charge on any atom is -0.496 e. The molecule has 0 spiro atoms. The molecule has 0 radical (unpaired) electrons. The lowest BCUT2D eigenvalue weighted by molar-refractivity contribution is -0.113. The van der Waals surface area contributed by atoms with E-state index in [0.29, 0.717) is 22.6 Å². The van der Waals surface area contributed by atoms with Gasteiger partial charge in [-0.15, -0.1) is 0 Å². The summed E-state index contributed by atoms with van der Waals surface area (Å²) in [5.41, 5.74) is 2.17. The quantitative estimate of drug-likeness (QED) is 0.446. The smallest absolute Gasteiger partial charge is 0.272 e. The van der Waals surface area contributed by atoms with E-state index in [1.54, 1.807) is 54.6 Å². The summed E-state index contributed by atoms with van der Waals surface area (Å²) in [4.78, 5) is 37.3. The Morgan fingerprint density at radius 1 is 0.839 bits per heavy atom. The minimum atomic E-state index is -0.498. The summed E-state index contributed by atoms with van der Waals surface area (Å²) in [7, 11) is 1.48. The summed E-state index contributed by atoms with van der Waals surface area (Å²) >= 11 is 0. The highest BCUT2D eigenvalue weighted by Crippen LogP contribution is 2.18. The van der Waals surface area contributed by atoms with Crippen molar-refractivity contribution in [3.05, 3.63) is 101 Å². The first-order valence-corrected chi connectivity index (χ1v) is 9.61. The molecule has 0 aliphatic rings. The van der Waals surface area contributed by atoms with Gasteiger partial charge in [-0.1, -0.05) is 42.5 Å². The van der Waals surface area contributed by atoms with Gasteiger partial charge < -0.3 is 15.4 Å². The number of hydrogen-bond acceptors (Lipinski definition) is 4. The van der Waals surface area contributed by atoms with Gasteiger partial charge in [-0.2, -0.15) is 0 Å². The van der Waals surface area contributed by atoms with Crippen LogP contribution >= 0.6 is 0 Å². The van der Waals surface area contributed by atoms with Gasteiger partial charge in [-0.25, -0.2) is 0 Å². The number of hydrogen-bond donors (Lipinski definition) is 2. The average Bonchev–Trinajstić information content (AvgIpc) is 2.79. The normalized spacial score (nSPS) is 10.8. The molecule has 0 aliphatic heterocycles. The molecule has 0 atom stereocenters. The van der Waals surface area contributed by atoms with Crippen LogP contribution in [0.2, 0.25) is 0 Å². The second kappa shape index (κ2) is 10.0. The summed E-state index contributed by atoms with van der Waals surface area (Å²) in [5.74, 6) is -0.629. The number of benzene rings is 3. The molecular weight excluding hydrogens is 392 g/mol. The first-order chi connectivity index (χ1) is 15.0. The lowest BCUT2D eigenvalue weighted by atomic mass is 10.1. The Hall–Kier alpha value is -4.19. The number of anilines is 1. The molecule has 0 aromatic heterocycles. The lowest BCUT2D eigenvalue weighted by Gasteiger charge is -2.13. The maximum atomic E-state index is 13.0. The molecular formula is C25H22N2O4. The van der Waals surface area contributed by atoms with Gasteiger partial charge >= 0.3 is 0 Å². The van der Waals surface area contributed by atoms with Crippen molar-refractivity contribution < 1.29 is 19.1 Å². The SMILES string of the molecule is COc1ccccc1C(=O)NC(=Cc1ccccc1)C(=O)Nc1ccc(C(C)=O)cc1. The van der Waals surface area contributed by atoms with E-state index in [4.69, 9.17) is 4.74 Å². The van der Waals surface area contributed by atoms with Crippen LogP contribution in [0.1, 0.15) is 33.2 Å². The third kappa shape index (κ3) is 5.67. The number of Topliss-reactive ketones (excluding diaryl/α,β-unsaturated/α-hetero) is 1. The molecule has 3 aromatic rings. The Labute approximate surface area is 180 Å². The fraction of sp³-hybridized carbons (Fsp3) is 0.0800. The zero-order valence-electron chi connectivity index (χ0n) is 17.2. The molecule has 3 aromatic carbocycles. The van der Waals surface area contributed by atoms with Crippen LogP contribution < -0.4 is 15.4 Å². The van der Waals surface area contributed by atoms with Gasteiger partial charge in [-0.05, 0) is 55.0 Å². The third-order valence-corrected chi connectivity index (χ3v) is 4.50. The Balaban J connectivity index is 1.87. The van der Waals surface area contributed by atoms with Crippen molar-refractivity contribution in [3.63, 3.8) is 0 Å². The summed E-state index contributed by atoms with van der Waals surface area (Å²) in [5, 5.41) is 5.43. The summed E-state index contributed by atoms with van der Waals surface area (Å²) in [6.45, 7) is 1.47. The monoisotopic (exact) mass is 414 g/mol. The van der Waals surface area contributed by atoms with Crippen molar-refractivity contribution in [1.82, 2.24) is 5.32 Å². The average molecular weight is 414 g/mol. The fourth-order valence-electron chi connectivity index (χ4n) is 2.88. The van der Waals surface area contributed by atoms with Crippen molar-refractivity contribution in [3.8, 4) is 5.75 Å². The Bertz CT molecular complexity index is 1120. The molecule has 0 saturated heterocycles. The first kappa shape index (κ1) is 21.5. The van der Waals surface area contributed by atoms with Crippen LogP contribution in [-0.4, -0.2) is 24.7 Å². The number of carbonyl (C=O) groups excluding carboxylic acids is 3. The van der Waals surface area contributed by atoms with Crippen LogP contribution in [0.3, 0.4) is 0 Å². The van der Waals surface area contributed by atoms with E-state index in [2.05, 4.69) is 10.6 Å². The van der Waals surface area contributed by atoms with Gasteiger partial charge in [0.05, 0.1) is 12.7 Å². The second-order valence-corrected chi connectivity index (χ2v) is 6.71. The summed E-state index contributed by atoms with van der Waals surface area (Å²) < 4.78 is 5.24. The van der Waals surface area contributed by atoms with E-state index in [1.165, 1.54) is 14.0 Å². The van der Waals surface area contributed by atoms with Gasteiger partial charge in [0.25, 0.3) is 11.8 Å². The van der Waals surface area contributed by atoms with E-state index < -0.39 is 11.8 Å². The molecule has 0 heterocycles. The van der Waals surface area contributed by atoms with Gasteiger partial charge in [-0.3, -0.25) is 14.4 Å². The van der Waals surface area contributed by atoms with Crippen LogP contribution in [0.5, 0.6) is 5.75 Å². The third-order valence-electron chi connectivity index (χ3n) is 4.50. The Morgan fingerprint density at radius 3 is 2.13 bits per heavy atom. The zero-order chi connectivity index (χ0) is 22.2. The molecule has 6 nitrogen and oxygen atoms in total. The highest BCUT2D eigenvalue weighted by molar-refractivity contribution is 6.11. The van der Waals surface area contributed by atoms with Crippen LogP contribution in [0.4, 0.5) is 5.69 Å². The topological polar surface area (TPSA) is 84.5 Å². The molecule has 0 aliphatic carbocycles. The molecule has 2 amide bonds. The number of methoxy groups -OCH3 is 1. The van der Waals surface area contributed by atoms with Crippen LogP contribution in [0.25, 0.3) is 6.08 Å². The predicted octanol–water partition coefficient (Wildman–Crippen LogP) is 4.31. The molecule has 6 heteroatoms. The summed E-state index contributed by atoms with van der Waals surface area (Å²) in [6.07, 6.45) is 1.59. The highest BCUT2D eigenvalue weighted by Gasteiger charge is 2.17. The largest absolute Gasteiger partial charge is 0.496 e. The van der Waals surface area contributed by atoms with Crippen molar-refractivity contribution in [2.45, 2.75) is 6.92 Å². The molecule has 3 rings (SSSR count). The molecule has 2 N–H and O–H groups in total. The zero-order valence-corrected chi connectivity index (χ0v) is 17.2. The van der Waals surface area contributed by atoms with Crippen molar-refractivity contribution >= 4 is 29.4 Å². The summed E-state index contributed by atoms with van der Waals surface area (Å²) in [6, 6.07) is 22.5. The van der Waals surface area contributed by atoms with E-state index in [0.717, 1.165) is 5.56 Å². The van der Waals surface area contributed by atoms with Crippen molar-refractivity contribution in [2.24, 2.45) is 0 Å². The van der Waals surface area contributed by atoms with E-state index >= 15 is 0 Å². The number of para-hydroxylation sites is 1. The number of ether oxygens (including phenoxy) is 1. The molecule has 0 unspecified atom stereocenters. The fourth-order valence-corrected chi connectivity index (χ4v) is 2.88. The molecule has 0 saturated carbocycles. The number of amides is 2. The molecule has 31 heavy (non-hydrogen) atoms.